The first kappa shape index (κ1) is 38.5. The number of rotatable bonds is 12. The minimum Gasteiger partial charge on any atom is -0.497 e. The average Bonchev–Trinajstić information content (AvgIpc) is 3.94. The molecule has 3 aliphatic rings. The van der Waals surface area contributed by atoms with E-state index in [2.05, 4.69) is 27.3 Å². The van der Waals surface area contributed by atoms with Crippen molar-refractivity contribution >= 4 is 39.9 Å². The van der Waals surface area contributed by atoms with Crippen LogP contribution in [0.3, 0.4) is 0 Å². The third-order valence-corrected chi connectivity index (χ3v) is 10.6. The summed E-state index contributed by atoms with van der Waals surface area (Å²) in [4.78, 5) is 68.5. The standard InChI is InChI=1S/C34H49N5O10S/c1-9-21-17-34(21,29(42)38-50(45,46)24-14-15-24)37-27(40)25-16-23(48-30(43)35-18-20-10-12-22(47-8)13-11-20)19-39(25)28(41)26(32(2,3)4)36-31(44)49-33(5,6)7/h9-13,21,23-26H,1,14-19H2,2-8H3,(H,35,43)(H,36,44)(H,37,40)(H,38,42). The number of hydrogen-bond donors (Lipinski definition) is 4. The Hall–Kier alpha value is -4.34. The van der Waals surface area contributed by atoms with Gasteiger partial charge in [0.2, 0.25) is 21.8 Å². The Bertz CT molecular complexity index is 1600. The van der Waals surface area contributed by atoms with E-state index in [1.165, 1.54) is 11.0 Å². The van der Waals surface area contributed by atoms with E-state index in [0.717, 1.165) is 5.56 Å². The minimum atomic E-state index is -3.92. The van der Waals surface area contributed by atoms with E-state index in [0.29, 0.717) is 18.6 Å². The Morgan fingerprint density at radius 3 is 2.20 bits per heavy atom. The number of amides is 5. The predicted octanol–water partition coefficient (Wildman–Crippen LogP) is 2.50. The molecule has 0 bridgehead atoms. The van der Waals surface area contributed by atoms with E-state index in [4.69, 9.17) is 14.2 Å². The van der Waals surface area contributed by atoms with E-state index in [1.54, 1.807) is 72.9 Å². The number of ether oxygens (including phenoxy) is 3. The van der Waals surface area contributed by atoms with Gasteiger partial charge in [0.05, 0.1) is 18.9 Å². The van der Waals surface area contributed by atoms with E-state index >= 15 is 0 Å². The highest BCUT2D eigenvalue weighted by Crippen LogP contribution is 2.45. The summed E-state index contributed by atoms with van der Waals surface area (Å²) in [5.74, 6) is -2.18. The molecule has 50 heavy (non-hydrogen) atoms. The summed E-state index contributed by atoms with van der Waals surface area (Å²) < 4.78 is 43.5. The smallest absolute Gasteiger partial charge is 0.408 e. The van der Waals surface area contributed by atoms with Crippen LogP contribution in [-0.4, -0.2) is 91.5 Å². The van der Waals surface area contributed by atoms with Gasteiger partial charge in [0.25, 0.3) is 5.91 Å². The molecule has 5 unspecified atom stereocenters. The highest BCUT2D eigenvalue weighted by atomic mass is 32.2. The van der Waals surface area contributed by atoms with Crippen LogP contribution < -0.4 is 25.4 Å². The number of carbonyl (C=O) groups excluding carboxylic acids is 5. The lowest BCUT2D eigenvalue weighted by molar-refractivity contribution is -0.143. The lowest BCUT2D eigenvalue weighted by atomic mass is 9.85. The number of hydrogen-bond acceptors (Lipinski definition) is 10. The molecule has 0 aromatic heterocycles. The molecule has 5 amide bonds. The number of benzene rings is 1. The Balaban J connectivity index is 1.55. The zero-order valence-corrected chi connectivity index (χ0v) is 30.5. The van der Waals surface area contributed by atoms with Gasteiger partial charge in [-0.2, -0.15) is 0 Å². The highest BCUT2D eigenvalue weighted by Gasteiger charge is 2.62. The van der Waals surface area contributed by atoms with Crippen LogP contribution in [0.5, 0.6) is 5.75 Å². The maximum atomic E-state index is 14.2. The van der Waals surface area contributed by atoms with Crippen molar-refractivity contribution in [3.05, 3.63) is 42.5 Å². The second-order valence-corrected chi connectivity index (χ2v) is 17.1. The van der Waals surface area contributed by atoms with Crippen LogP contribution in [0.4, 0.5) is 9.59 Å². The number of carbonyl (C=O) groups is 5. The fraction of sp³-hybridized carbons (Fsp3) is 0.618. The molecule has 2 aliphatic carbocycles. The third kappa shape index (κ3) is 9.46. The zero-order chi connectivity index (χ0) is 37.2. The number of sulfonamides is 1. The fourth-order valence-corrected chi connectivity index (χ4v) is 7.11. The van der Waals surface area contributed by atoms with Crippen LogP contribution in [0.1, 0.15) is 72.8 Å². The maximum absolute atomic E-state index is 14.2. The fourth-order valence-electron chi connectivity index (χ4n) is 5.74. The number of alkyl carbamates (subject to hydrolysis) is 2. The molecule has 1 aromatic rings. The Morgan fingerprint density at radius 2 is 1.68 bits per heavy atom. The maximum Gasteiger partial charge on any atom is 0.408 e. The van der Waals surface area contributed by atoms with Crippen LogP contribution in [0, 0.1) is 11.3 Å². The van der Waals surface area contributed by atoms with Crippen LogP contribution in [0.15, 0.2) is 36.9 Å². The summed E-state index contributed by atoms with van der Waals surface area (Å²) in [5.41, 5.74) is -2.52. The van der Waals surface area contributed by atoms with Crippen LogP contribution in [-0.2, 0) is 40.4 Å². The first-order valence-electron chi connectivity index (χ1n) is 16.6. The molecule has 5 atom stereocenters. The molecule has 276 valence electrons. The topological polar surface area (TPSA) is 199 Å². The van der Waals surface area contributed by atoms with Gasteiger partial charge in [-0.3, -0.25) is 19.1 Å². The van der Waals surface area contributed by atoms with Gasteiger partial charge < -0.3 is 35.1 Å². The molecule has 1 aromatic carbocycles. The van der Waals surface area contributed by atoms with Crippen molar-refractivity contribution < 1.29 is 46.6 Å². The van der Waals surface area contributed by atoms with Crippen LogP contribution in [0.25, 0.3) is 0 Å². The second-order valence-electron chi connectivity index (χ2n) is 15.1. The lowest BCUT2D eigenvalue weighted by Crippen LogP contribution is -2.60. The SMILES string of the molecule is C=CC1CC1(NC(=O)C1CC(OC(=O)NCc2ccc(OC)cc2)CN1C(=O)C(NC(=O)OC(C)(C)C)C(C)(C)C)C(=O)NS(=O)(=O)C1CC1. The monoisotopic (exact) mass is 719 g/mol. The van der Waals surface area contributed by atoms with E-state index in [-0.39, 0.29) is 25.9 Å². The molecule has 4 N–H and O–H groups in total. The van der Waals surface area contributed by atoms with Crippen molar-refractivity contribution in [3.8, 4) is 5.75 Å². The summed E-state index contributed by atoms with van der Waals surface area (Å²) in [6, 6.07) is 4.62. The normalized spacial score (nSPS) is 23.9. The molecule has 0 spiro atoms. The van der Waals surface area contributed by atoms with Gasteiger partial charge in [0, 0.05) is 18.9 Å². The van der Waals surface area contributed by atoms with Gasteiger partial charge in [0.1, 0.15) is 35.1 Å². The molecule has 3 fully saturated rings. The molecule has 4 rings (SSSR count). The van der Waals surface area contributed by atoms with E-state index in [9.17, 15) is 32.4 Å². The zero-order valence-electron chi connectivity index (χ0n) is 29.7. The molecule has 0 radical (unpaired) electrons. The molecular weight excluding hydrogens is 670 g/mol. The molecular formula is C34H49N5O10S. The quantitative estimate of drug-likeness (QED) is 0.233. The third-order valence-electron chi connectivity index (χ3n) is 8.74. The molecule has 1 saturated heterocycles. The lowest BCUT2D eigenvalue weighted by Gasteiger charge is -2.36. The van der Waals surface area contributed by atoms with Crippen molar-refractivity contribution in [2.75, 3.05) is 13.7 Å². The molecule has 1 aliphatic heterocycles. The van der Waals surface area contributed by atoms with Gasteiger partial charge in [-0.15, -0.1) is 6.58 Å². The summed E-state index contributed by atoms with van der Waals surface area (Å²) in [5, 5.41) is 7.32. The Morgan fingerprint density at radius 1 is 1.04 bits per heavy atom. The van der Waals surface area contributed by atoms with E-state index < -0.39 is 85.8 Å². The van der Waals surface area contributed by atoms with Gasteiger partial charge >= 0.3 is 12.2 Å². The number of nitrogens with zero attached hydrogens (tertiary/aromatic N) is 1. The Kier molecular flexibility index (Phi) is 11.1. The van der Waals surface area contributed by atoms with Gasteiger partial charge in [-0.25, -0.2) is 18.0 Å². The first-order chi connectivity index (χ1) is 23.2. The molecule has 2 saturated carbocycles. The van der Waals surface area contributed by atoms with Crippen molar-refractivity contribution in [1.29, 1.82) is 0 Å². The molecule has 15 nitrogen and oxygen atoms in total. The second kappa shape index (κ2) is 14.5. The Labute approximate surface area is 293 Å². The van der Waals surface area contributed by atoms with Crippen molar-refractivity contribution in [3.63, 3.8) is 0 Å². The highest BCUT2D eigenvalue weighted by molar-refractivity contribution is 7.91. The van der Waals surface area contributed by atoms with Crippen molar-refractivity contribution in [2.24, 2.45) is 11.3 Å². The average molecular weight is 720 g/mol. The van der Waals surface area contributed by atoms with Crippen molar-refractivity contribution in [2.45, 2.75) is 108 Å². The van der Waals surface area contributed by atoms with Crippen molar-refractivity contribution in [1.82, 2.24) is 25.6 Å². The predicted molar refractivity (Wildman–Crippen MR) is 182 cm³/mol. The largest absolute Gasteiger partial charge is 0.497 e. The van der Waals surface area contributed by atoms with Crippen LogP contribution in [0.2, 0.25) is 0 Å². The molecule has 1 heterocycles. The van der Waals surface area contributed by atoms with Gasteiger partial charge in [0.15, 0.2) is 0 Å². The number of methoxy groups -OCH3 is 1. The van der Waals surface area contributed by atoms with Gasteiger partial charge in [-0.1, -0.05) is 39.0 Å². The van der Waals surface area contributed by atoms with E-state index in [1.807, 2.05) is 0 Å². The molecule has 16 heteroatoms. The minimum absolute atomic E-state index is 0.105. The van der Waals surface area contributed by atoms with Gasteiger partial charge in [-0.05, 0) is 63.1 Å². The summed E-state index contributed by atoms with van der Waals surface area (Å²) >= 11 is 0. The number of nitrogens with one attached hydrogen (secondary N) is 4. The first-order valence-corrected chi connectivity index (χ1v) is 18.1. The summed E-state index contributed by atoms with van der Waals surface area (Å²) in [6.45, 7) is 13.9. The van der Waals surface area contributed by atoms with Crippen LogP contribution >= 0.6 is 0 Å². The number of likely N-dealkylation sites (tertiary alicyclic amines) is 1. The summed E-state index contributed by atoms with van der Waals surface area (Å²) in [6.07, 6.45) is -0.255. The summed E-state index contributed by atoms with van der Waals surface area (Å²) in [7, 11) is -2.37.